The van der Waals surface area contributed by atoms with Gasteiger partial charge >= 0.3 is 5.97 Å². The van der Waals surface area contributed by atoms with Crippen LogP contribution in [-0.2, 0) is 16.0 Å². The van der Waals surface area contributed by atoms with Crippen molar-refractivity contribution in [3.05, 3.63) is 59.4 Å². The Kier molecular flexibility index (Phi) is 4.25. The summed E-state index contributed by atoms with van der Waals surface area (Å²) in [4.78, 5) is 21.8. The van der Waals surface area contributed by atoms with Gasteiger partial charge in [0.05, 0.1) is 13.5 Å². The van der Waals surface area contributed by atoms with Gasteiger partial charge in [-0.3, -0.25) is 9.59 Å². The summed E-state index contributed by atoms with van der Waals surface area (Å²) in [6, 6.07) is 11.5. The lowest BCUT2D eigenvalue weighted by Crippen LogP contribution is -2.06. The third kappa shape index (κ3) is 3.09. The highest BCUT2D eigenvalue weighted by Crippen LogP contribution is 2.23. The molecule has 0 aliphatic heterocycles. The first-order valence-electron chi connectivity index (χ1n) is 6.05. The molecule has 4 heteroatoms. The first kappa shape index (κ1) is 13.9. The van der Waals surface area contributed by atoms with Gasteiger partial charge in [-0.1, -0.05) is 30.3 Å². The monoisotopic (exact) mass is 272 g/mol. The van der Waals surface area contributed by atoms with Gasteiger partial charge in [-0.05, 0) is 28.8 Å². The maximum absolute atomic E-state index is 13.6. The second-order valence-corrected chi connectivity index (χ2v) is 4.30. The molecule has 0 unspecified atom stereocenters. The van der Waals surface area contributed by atoms with Crippen LogP contribution in [-0.4, -0.2) is 19.4 Å². The van der Waals surface area contributed by atoms with Crippen LogP contribution in [0.5, 0.6) is 0 Å². The molecule has 0 fully saturated rings. The summed E-state index contributed by atoms with van der Waals surface area (Å²) in [5, 5.41) is 0. The molecule has 0 heterocycles. The van der Waals surface area contributed by atoms with Gasteiger partial charge in [0.25, 0.3) is 0 Å². The maximum atomic E-state index is 13.6. The lowest BCUT2D eigenvalue weighted by Gasteiger charge is -2.07. The Hall–Kier alpha value is -2.49. The average molecular weight is 272 g/mol. The molecular weight excluding hydrogens is 259 g/mol. The molecule has 0 radical (unpaired) electrons. The molecule has 20 heavy (non-hydrogen) atoms. The van der Waals surface area contributed by atoms with Crippen LogP contribution in [0.1, 0.15) is 15.9 Å². The van der Waals surface area contributed by atoms with Crippen molar-refractivity contribution in [3.8, 4) is 11.1 Å². The van der Waals surface area contributed by atoms with Gasteiger partial charge in [-0.25, -0.2) is 4.39 Å². The Labute approximate surface area is 116 Å². The van der Waals surface area contributed by atoms with Gasteiger partial charge in [-0.15, -0.1) is 0 Å². The molecule has 0 amide bonds. The number of esters is 1. The van der Waals surface area contributed by atoms with Crippen molar-refractivity contribution in [3.63, 3.8) is 0 Å². The largest absolute Gasteiger partial charge is 0.469 e. The maximum Gasteiger partial charge on any atom is 0.310 e. The van der Waals surface area contributed by atoms with Crippen LogP contribution in [0.15, 0.2) is 42.5 Å². The van der Waals surface area contributed by atoms with Crippen LogP contribution in [0.3, 0.4) is 0 Å². The molecule has 2 aromatic rings. The van der Waals surface area contributed by atoms with Gasteiger partial charge in [0.1, 0.15) is 12.1 Å². The SMILES string of the molecule is COC(=O)Cc1cc(-c2ccc(C=O)cc2)ccc1F. The molecule has 0 bridgehead atoms. The first-order chi connectivity index (χ1) is 9.63. The number of carbonyl (C=O) groups excluding carboxylic acids is 2. The molecule has 0 aliphatic carbocycles. The van der Waals surface area contributed by atoms with Crippen molar-refractivity contribution < 1.29 is 18.7 Å². The highest BCUT2D eigenvalue weighted by atomic mass is 19.1. The van der Waals surface area contributed by atoms with E-state index in [4.69, 9.17) is 0 Å². The number of rotatable bonds is 4. The molecule has 0 atom stereocenters. The summed E-state index contributed by atoms with van der Waals surface area (Å²) in [5.41, 5.74) is 2.49. The minimum Gasteiger partial charge on any atom is -0.469 e. The van der Waals surface area contributed by atoms with E-state index in [2.05, 4.69) is 4.74 Å². The van der Waals surface area contributed by atoms with Crippen molar-refractivity contribution in [2.45, 2.75) is 6.42 Å². The Morgan fingerprint density at radius 1 is 1.15 bits per heavy atom. The fourth-order valence-electron chi connectivity index (χ4n) is 1.87. The Morgan fingerprint density at radius 2 is 1.80 bits per heavy atom. The molecular formula is C16H13FO3. The topological polar surface area (TPSA) is 43.4 Å². The van der Waals surface area contributed by atoms with Crippen molar-refractivity contribution in [2.75, 3.05) is 7.11 Å². The van der Waals surface area contributed by atoms with E-state index < -0.39 is 11.8 Å². The summed E-state index contributed by atoms with van der Waals surface area (Å²) in [6.07, 6.45) is 0.652. The summed E-state index contributed by atoms with van der Waals surface area (Å²) in [7, 11) is 1.27. The zero-order valence-corrected chi connectivity index (χ0v) is 10.9. The number of methoxy groups -OCH3 is 1. The van der Waals surface area contributed by atoms with E-state index in [-0.39, 0.29) is 12.0 Å². The third-order valence-corrected chi connectivity index (χ3v) is 2.99. The Morgan fingerprint density at radius 3 is 2.40 bits per heavy atom. The molecule has 2 aromatic carbocycles. The zero-order valence-electron chi connectivity index (χ0n) is 10.9. The van der Waals surface area contributed by atoms with Crippen LogP contribution >= 0.6 is 0 Å². The fraction of sp³-hybridized carbons (Fsp3) is 0.125. The number of hydrogen-bond donors (Lipinski definition) is 0. The van der Waals surface area contributed by atoms with Crippen LogP contribution in [0.2, 0.25) is 0 Å². The molecule has 0 aliphatic rings. The number of ether oxygens (including phenoxy) is 1. The Bertz CT molecular complexity index is 633. The van der Waals surface area contributed by atoms with E-state index in [1.54, 1.807) is 36.4 Å². The second-order valence-electron chi connectivity index (χ2n) is 4.30. The quantitative estimate of drug-likeness (QED) is 0.634. The summed E-state index contributed by atoms with van der Waals surface area (Å²) in [5.74, 6) is -0.930. The number of aldehydes is 1. The van der Waals surface area contributed by atoms with Gasteiger partial charge in [0.2, 0.25) is 0 Å². The highest BCUT2D eigenvalue weighted by Gasteiger charge is 2.10. The summed E-state index contributed by atoms with van der Waals surface area (Å²) in [6.45, 7) is 0. The normalized spacial score (nSPS) is 10.1. The predicted octanol–water partition coefficient (Wildman–Crippen LogP) is 3.02. The van der Waals surface area contributed by atoms with Gasteiger partial charge in [0, 0.05) is 5.56 Å². The van der Waals surface area contributed by atoms with Crippen LogP contribution in [0, 0.1) is 5.82 Å². The summed E-state index contributed by atoms with van der Waals surface area (Å²) < 4.78 is 18.2. The van der Waals surface area contributed by atoms with Crippen LogP contribution in [0.4, 0.5) is 4.39 Å². The molecule has 2 rings (SSSR count). The molecule has 0 saturated heterocycles. The molecule has 0 N–H and O–H groups in total. The molecule has 0 spiro atoms. The van der Waals surface area contributed by atoms with Crippen molar-refractivity contribution in [1.29, 1.82) is 0 Å². The molecule has 0 aromatic heterocycles. The van der Waals surface area contributed by atoms with E-state index in [1.807, 2.05) is 0 Å². The smallest absolute Gasteiger partial charge is 0.310 e. The van der Waals surface area contributed by atoms with Crippen LogP contribution in [0.25, 0.3) is 11.1 Å². The summed E-state index contributed by atoms with van der Waals surface area (Å²) >= 11 is 0. The van der Waals surface area contributed by atoms with Gasteiger partial charge < -0.3 is 4.74 Å². The van der Waals surface area contributed by atoms with E-state index in [9.17, 15) is 14.0 Å². The standard InChI is InChI=1S/C16H13FO3/c1-20-16(19)9-14-8-13(6-7-15(14)17)12-4-2-11(10-18)3-5-12/h2-8,10H,9H2,1H3. The lowest BCUT2D eigenvalue weighted by molar-refractivity contribution is -0.139. The minimum absolute atomic E-state index is 0.109. The van der Waals surface area contributed by atoms with Crippen LogP contribution < -0.4 is 0 Å². The molecule has 102 valence electrons. The lowest BCUT2D eigenvalue weighted by atomic mass is 10.0. The van der Waals surface area contributed by atoms with E-state index in [1.165, 1.54) is 13.2 Å². The van der Waals surface area contributed by atoms with E-state index in [0.29, 0.717) is 5.56 Å². The van der Waals surface area contributed by atoms with Crippen molar-refractivity contribution in [1.82, 2.24) is 0 Å². The van der Waals surface area contributed by atoms with E-state index in [0.717, 1.165) is 17.4 Å². The van der Waals surface area contributed by atoms with Gasteiger partial charge in [0.15, 0.2) is 0 Å². The molecule has 3 nitrogen and oxygen atoms in total. The number of hydrogen-bond acceptors (Lipinski definition) is 3. The molecule has 0 saturated carbocycles. The average Bonchev–Trinajstić information content (AvgIpc) is 2.49. The van der Waals surface area contributed by atoms with E-state index >= 15 is 0 Å². The van der Waals surface area contributed by atoms with Crippen molar-refractivity contribution >= 4 is 12.3 Å². The third-order valence-electron chi connectivity index (χ3n) is 2.99. The predicted molar refractivity (Wildman–Crippen MR) is 72.9 cm³/mol. The zero-order chi connectivity index (χ0) is 14.5. The number of carbonyl (C=O) groups is 2. The highest BCUT2D eigenvalue weighted by molar-refractivity contribution is 5.77. The van der Waals surface area contributed by atoms with Crippen molar-refractivity contribution in [2.24, 2.45) is 0 Å². The number of halogens is 1. The number of benzene rings is 2. The fourth-order valence-corrected chi connectivity index (χ4v) is 1.87. The Balaban J connectivity index is 2.34. The minimum atomic E-state index is -0.489. The van der Waals surface area contributed by atoms with Gasteiger partial charge in [-0.2, -0.15) is 0 Å². The first-order valence-corrected chi connectivity index (χ1v) is 6.05. The second kappa shape index (κ2) is 6.10.